The summed E-state index contributed by atoms with van der Waals surface area (Å²) in [4.78, 5) is 17.0. The van der Waals surface area contributed by atoms with E-state index in [0.717, 1.165) is 0 Å². The fraction of sp³-hybridized carbons (Fsp3) is 0.500. The van der Waals surface area contributed by atoms with E-state index in [1.54, 1.807) is 4.90 Å². The van der Waals surface area contributed by atoms with Gasteiger partial charge in [-0.1, -0.05) is 0 Å². The van der Waals surface area contributed by atoms with Gasteiger partial charge in [-0.3, -0.25) is 4.79 Å². The average Bonchev–Trinajstić information content (AvgIpc) is 2.65. The number of aromatic nitrogens is 1. The van der Waals surface area contributed by atoms with Gasteiger partial charge in [0.1, 0.15) is 10.7 Å². The maximum atomic E-state index is 12.5. The van der Waals surface area contributed by atoms with E-state index in [-0.39, 0.29) is 16.6 Å². The molecule has 110 valence electrons. The van der Waals surface area contributed by atoms with E-state index in [9.17, 15) is 13.2 Å². The number of hydrogen-bond donors (Lipinski definition) is 1. The van der Waals surface area contributed by atoms with Crippen LogP contribution in [0.2, 0.25) is 0 Å². The molecule has 0 bridgehead atoms. The Kier molecular flexibility index (Phi) is 4.24. The first kappa shape index (κ1) is 14.7. The highest BCUT2D eigenvalue weighted by Crippen LogP contribution is 2.17. The Hall–Kier alpha value is -1.67. The molecule has 2 heterocycles. The topological polar surface area (TPSA) is 96.6 Å². The van der Waals surface area contributed by atoms with Gasteiger partial charge in [0, 0.05) is 39.3 Å². The number of hydrogen-bond acceptors (Lipinski definition) is 5. The van der Waals surface area contributed by atoms with Gasteiger partial charge in [-0.2, -0.15) is 4.31 Å². The summed E-state index contributed by atoms with van der Waals surface area (Å²) in [5, 5.41) is 0. The Bertz CT molecular complexity index is 585. The van der Waals surface area contributed by atoms with Crippen molar-refractivity contribution in [2.45, 2.75) is 18.2 Å². The molecule has 2 N–H and O–H groups in total. The molecule has 1 aliphatic heterocycles. The first-order valence-electron chi connectivity index (χ1n) is 6.38. The van der Waals surface area contributed by atoms with Crippen LogP contribution in [0, 0.1) is 0 Å². The zero-order chi connectivity index (χ0) is 14.8. The number of pyridine rings is 1. The Morgan fingerprint density at radius 3 is 2.60 bits per heavy atom. The molecular formula is C12H18N4O3S. The summed E-state index contributed by atoms with van der Waals surface area (Å²) in [7, 11) is -3.57. The number of carbonyl (C=O) groups is 1. The van der Waals surface area contributed by atoms with E-state index in [1.165, 1.54) is 29.6 Å². The van der Waals surface area contributed by atoms with Crippen molar-refractivity contribution in [3.8, 4) is 0 Å². The predicted octanol–water partition coefficient (Wildman–Crippen LogP) is -0.0933. The number of anilines is 1. The molecule has 0 unspecified atom stereocenters. The van der Waals surface area contributed by atoms with Gasteiger partial charge in [0.15, 0.2) is 0 Å². The zero-order valence-corrected chi connectivity index (χ0v) is 12.1. The van der Waals surface area contributed by atoms with Crippen LogP contribution in [-0.2, 0) is 14.8 Å². The molecule has 1 saturated heterocycles. The summed E-state index contributed by atoms with van der Waals surface area (Å²) in [6.45, 7) is 3.19. The molecule has 1 aliphatic rings. The van der Waals surface area contributed by atoms with Crippen molar-refractivity contribution in [3.05, 3.63) is 18.3 Å². The number of sulfonamides is 1. The maximum Gasteiger partial charge on any atom is 0.244 e. The SMILES string of the molecule is CC(=O)N1CCCN(S(=O)(=O)c2ccc(N)nc2)CC1. The number of rotatable bonds is 2. The smallest absolute Gasteiger partial charge is 0.244 e. The number of nitrogen functional groups attached to an aromatic ring is 1. The van der Waals surface area contributed by atoms with Gasteiger partial charge in [0.25, 0.3) is 0 Å². The lowest BCUT2D eigenvalue weighted by Gasteiger charge is -2.20. The molecule has 7 nitrogen and oxygen atoms in total. The lowest BCUT2D eigenvalue weighted by atomic mass is 10.4. The van der Waals surface area contributed by atoms with Gasteiger partial charge >= 0.3 is 0 Å². The van der Waals surface area contributed by atoms with E-state index in [0.29, 0.717) is 32.6 Å². The molecule has 0 saturated carbocycles. The highest BCUT2D eigenvalue weighted by molar-refractivity contribution is 7.89. The highest BCUT2D eigenvalue weighted by atomic mass is 32.2. The Labute approximate surface area is 118 Å². The molecule has 8 heteroatoms. The molecule has 1 fully saturated rings. The van der Waals surface area contributed by atoms with Crippen LogP contribution >= 0.6 is 0 Å². The Balaban J connectivity index is 2.18. The lowest BCUT2D eigenvalue weighted by molar-refractivity contribution is -0.128. The van der Waals surface area contributed by atoms with Crippen LogP contribution in [0.5, 0.6) is 0 Å². The summed E-state index contributed by atoms with van der Waals surface area (Å²) >= 11 is 0. The van der Waals surface area contributed by atoms with Crippen molar-refractivity contribution in [1.82, 2.24) is 14.2 Å². The van der Waals surface area contributed by atoms with Crippen LogP contribution in [0.4, 0.5) is 5.82 Å². The number of nitrogens with zero attached hydrogens (tertiary/aromatic N) is 3. The third-order valence-corrected chi connectivity index (χ3v) is 5.18. The van der Waals surface area contributed by atoms with Gasteiger partial charge in [-0.25, -0.2) is 13.4 Å². The van der Waals surface area contributed by atoms with E-state index < -0.39 is 10.0 Å². The molecule has 0 aliphatic carbocycles. The van der Waals surface area contributed by atoms with Crippen molar-refractivity contribution < 1.29 is 13.2 Å². The Morgan fingerprint density at radius 1 is 1.25 bits per heavy atom. The van der Waals surface area contributed by atoms with Crippen LogP contribution < -0.4 is 5.73 Å². The van der Waals surface area contributed by atoms with Crippen LogP contribution in [0.1, 0.15) is 13.3 Å². The van der Waals surface area contributed by atoms with Gasteiger partial charge in [-0.05, 0) is 18.6 Å². The number of amides is 1. The first-order valence-corrected chi connectivity index (χ1v) is 7.82. The third kappa shape index (κ3) is 3.07. The third-order valence-electron chi connectivity index (χ3n) is 3.30. The first-order chi connectivity index (χ1) is 9.41. The second-order valence-electron chi connectivity index (χ2n) is 4.68. The predicted molar refractivity (Wildman–Crippen MR) is 74.3 cm³/mol. The minimum absolute atomic E-state index is 0.0293. The van der Waals surface area contributed by atoms with Crippen molar-refractivity contribution in [2.75, 3.05) is 31.9 Å². The van der Waals surface area contributed by atoms with Gasteiger partial charge < -0.3 is 10.6 Å². The molecule has 0 spiro atoms. The average molecular weight is 298 g/mol. The normalized spacial score (nSPS) is 17.8. The minimum atomic E-state index is -3.57. The molecule has 1 aromatic rings. The lowest BCUT2D eigenvalue weighted by Crippen LogP contribution is -2.36. The van der Waals surface area contributed by atoms with Crippen LogP contribution in [0.25, 0.3) is 0 Å². The summed E-state index contributed by atoms with van der Waals surface area (Å²) in [5.74, 6) is 0.251. The second-order valence-corrected chi connectivity index (χ2v) is 6.62. The van der Waals surface area contributed by atoms with Crippen LogP contribution in [-0.4, -0.2) is 54.7 Å². The van der Waals surface area contributed by atoms with Gasteiger partial charge in [0.05, 0.1) is 0 Å². The Morgan fingerprint density at radius 2 is 2.00 bits per heavy atom. The number of carbonyl (C=O) groups excluding carboxylic acids is 1. The molecule has 0 atom stereocenters. The standard InChI is InChI=1S/C12H18N4O3S/c1-10(17)15-5-2-6-16(8-7-15)20(18,19)11-3-4-12(13)14-9-11/h3-4,9H,2,5-8H2,1H3,(H2,13,14). The zero-order valence-electron chi connectivity index (χ0n) is 11.3. The molecule has 0 radical (unpaired) electrons. The molecule has 2 rings (SSSR count). The van der Waals surface area contributed by atoms with Crippen molar-refractivity contribution in [1.29, 1.82) is 0 Å². The molecular weight excluding hydrogens is 280 g/mol. The number of nitrogens with two attached hydrogens (primary N) is 1. The van der Waals surface area contributed by atoms with E-state index in [1.807, 2.05) is 0 Å². The summed E-state index contributed by atoms with van der Waals surface area (Å²) in [5.41, 5.74) is 5.46. The van der Waals surface area contributed by atoms with Crippen molar-refractivity contribution in [2.24, 2.45) is 0 Å². The minimum Gasteiger partial charge on any atom is -0.384 e. The molecule has 20 heavy (non-hydrogen) atoms. The fourth-order valence-electron chi connectivity index (χ4n) is 2.14. The van der Waals surface area contributed by atoms with Gasteiger partial charge in [-0.15, -0.1) is 0 Å². The highest BCUT2D eigenvalue weighted by Gasteiger charge is 2.27. The molecule has 1 amide bonds. The van der Waals surface area contributed by atoms with Crippen LogP contribution in [0.15, 0.2) is 23.2 Å². The molecule has 0 aromatic carbocycles. The van der Waals surface area contributed by atoms with E-state index in [4.69, 9.17) is 5.73 Å². The summed E-state index contributed by atoms with van der Waals surface area (Å²) < 4.78 is 26.3. The quantitative estimate of drug-likeness (QED) is 0.823. The maximum absolute atomic E-state index is 12.5. The summed E-state index contributed by atoms with van der Waals surface area (Å²) in [6, 6.07) is 2.91. The van der Waals surface area contributed by atoms with Crippen molar-refractivity contribution >= 4 is 21.7 Å². The fourth-order valence-corrected chi connectivity index (χ4v) is 3.56. The van der Waals surface area contributed by atoms with Crippen molar-refractivity contribution in [3.63, 3.8) is 0 Å². The monoisotopic (exact) mass is 298 g/mol. The summed E-state index contributed by atoms with van der Waals surface area (Å²) in [6.07, 6.45) is 1.89. The van der Waals surface area contributed by atoms with Crippen LogP contribution in [0.3, 0.4) is 0 Å². The largest absolute Gasteiger partial charge is 0.384 e. The van der Waals surface area contributed by atoms with E-state index in [2.05, 4.69) is 4.98 Å². The van der Waals surface area contributed by atoms with E-state index >= 15 is 0 Å². The van der Waals surface area contributed by atoms with Gasteiger partial charge in [0.2, 0.25) is 15.9 Å². The second kappa shape index (κ2) is 5.76. The molecule has 1 aromatic heterocycles.